The fourth-order valence-electron chi connectivity index (χ4n) is 6.20. The molecule has 2 aliphatic heterocycles. The van der Waals surface area contributed by atoms with E-state index in [0.29, 0.717) is 61.0 Å². The number of anilines is 1. The Bertz CT molecular complexity index is 1140. The molecule has 4 aliphatic rings. The number of aromatic nitrogens is 4. The minimum atomic E-state index is -1.08. The highest BCUT2D eigenvalue weighted by Gasteiger charge is 2.39. The average Bonchev–Trinajstić information content (AvgIpc) is 3.44. The lowest BCUT2D eigenvalue weighted by Crippen LogP contribution is -2.37. The van der Waals surface area contributed by atoms with Gasteiger partial charge < -0.3 is 24.6 Å². The van der Waals surface area contributed by atoms with Crippen LogP contribution in [0.15, 0.2) is 0 Å². The number of fused-ring (bicyclic) bond motifs is 1. The molecular formula is C26H39N7O4. The monoisotopic (exact) mass is 513 g/mol. The average molecular weight is 514 g/mol. The second kappa shape index (κ2) is 9.99. The number of nitrogens with one attached hydrogen (secondary N) is 3. The Hall–Kier alpha value is -2.50. The number of carbonyl (C=O) groups excluding carboxylic acids is 1. The number of carbonyl (C=O) groups is 1. The molecule has 2 aliphatic carbocycles. The van der Waals surface area contributed by atoms with E-state index in [1.165, 1.54) is 32.1 Å². The Kier molecular flexibility index (Phi) is 6.70. The third-order valence-electron chi connectivity index (χ3n) is 8.94. The van der Waals surface area contributed by atoms with E-state index in [2.05, 4.69) is 34.5 Å². The highest BCUT2D eigenvalue weighted by Crippen LogP contribution is 2.39. The summed E-state index contributed by atoms with van der Waals surface area (Å²) in [5.74, 6) is 3.59. The molecule has 2 atom stereocenters. The predicted octanol–water partition coefficient (Wildman–Crippen LogP) is 3.49. The van der Waals surface area contributed by atoms with Crippen LogP contribution in [0.1, 0.15) is 89.4 Å². The molecule has 4 N–H and O–H groups in total. The molecule has 4 heterocycles. The van der Waals surface area contributed by atoms with E-state index in [1.54, 1.807) is 0 Å². The maximum absolute atomic E-state index is 11.8. The summed E-state index contributed by atoms with van der Waals surface area (Å²) in [6.07, 6.45) is 8.19. The summed E-state index contributed by atoms with van der Waals surface area (Å²) in [5, 5.41) is 18.2. The minimum Gasteiger partial charge on any atom is -0.382 e. The topological polar surface area (TPSA) is 135 Å². The van der Waals surface area contributed by atoms with Crippen LogP contribution in [0.2, 0.25) is 0 Å². The Morgan fingerprint density at radius 2 is 1.89 bits per heavy atom. The molecule has 11 nitrogen and oxygen atoms in total. The van der Waals surface area contributed by atoms with Gasteiger partial charge in [0.2, 0.25) is 0 Å². The van der Waals surface area contributed by atoms with Gasteiger partial charge in [-0.3, -0.25) is 5.32 Å². The number of hydrogen-bond acceptors (Lipinski definition) is 9. The smallest absolute Gasteiger partial charge is 0.382 e. The fraction of sp³-hybridized carbons (Fsp3) is 0.769. The van der Waals surface area contributed by atoms with Gasteiger partial charge in [-0.15, -0.1) is 5.48 Å². The van der Waals surface area contributed by atoms with E-state index in [1.807, 2.05) is 0 Å². The van der Waals surface area contributed by atoms with Crippen molar-refractivity contribution in [2.24, 2.45) is 17.8 Å². The van der Waals surface area contributed by atoms with Crippen molar-refractivity contribution in [2.45, 2.75) is 96.0 Å². The van der Waals surface area contributed by atoms with Crippen LogP contribution in [0.5, 0.6) is 0 Å². The number of amides is 1. The van der Waals surface area contributed by atoms with Crippen molar-refractivity contribution >= 4 is 23.1 Å². The van der Waals surface area contributed by atoms with Crippen LogP contribution >= 0.6 is 0 Å². The van der Waals surface area contributed by atoms with Crippen molar-refractivity contribution in [1.29, 1.82) is 0 Å². The minimum absolute atomic E-state index is 0.232. The first-order chi connectivity index (χ1) is 17.9. The summed E-state index contributed by atoms with van der Waals surface area (Å²) in [6.45, 7) is 6.30. The van der Waals surface area contributed by atoms with E-state index in [4.69, 9.17) is 24.5 Å². The molecule has 37 heavy (non-hydrogen) atoms. The second-order valence-corrected chi connectivity index (χ2v) is 11.6. The summed E-state index contributed by atoms with van der Waals surface area (Å²) in [4.78, 5) is 31.2. The standard InChI is InChI=1S/C26H39N7O4/c1-15-6-8-17(9-7-15)14-33-19-20(27-16(2)18-4-3-5-18)28-22(23-31-25(34)37-32-23)29-21(19)30-24(33)26(35)10-12-36-13-11-26/h15-18,23,32,35H,3-14H2,1-2H3,(H,31,34)(H,27,28,29)/t15?,16-,17?,23?/m1/s1. The zero-order valence-corrected chi connectivity index (χ0v) is 21.8. The third kappa shape index (κ3) is 4.88. The fourth-order valence-corrected chi connectivity index (χ4v) is 6.20. The largest absolute Gasteiger partial charge is 0.427 e. The lowest BCUT2D eigenvalue weighted by atomic mass is 9.80. The molecular weight excluding hydrogens is 474 g/mol. The van der Waals surface area contributed by atoms with Gasteiger partial charge in [-0.1, -0.05) is 26.2 Å². The molecule has 2 aromatic rings. The van der Waals surface area contributed by atoms with Crippen LogP contribution in [0.3, 0.4) is 0 Å². The van der Waals surface area contributed by atoms with Crippen LogP contribution < -0.4 is 16.1 Å². The van der Waals surface area contributed by atoms with Crippen molar-refractivity contribution in [3.63, 3.8) is 0 Å². The van der Waals surface area contributed by atoms with E-state index in [9.17, 15) is 9.90 Å². The predicted molar refractivity (Wildman–Crippen MR) is 136 cm³/mol. The number of imidazole rings is 1. The molecule has 2 aromatic heterocycles. The molecule has 4 fully saturated rings. The lowest BCUT2D eigenvalue weighted by molar-refractivity contribution is -0.0753. The van der Waals surface area contributed by atoms with Crippen LogP contribution in [0, 0.1) is 17.8 Å². The normalized spacial score (nSPS) is 28.9. The van der Waals surface area contributed by atoms with Crippen LogP contribution in [0.4, 0.5) is 10.6 Å². The number of rotatable bonds is 7. The first kappa shape index (κ1) is 24.8. The first-order valence-corrected chi connectivity index (χ1v) is 14.0. The highest BCUT2D eigenvalue weighted by atomic mass is 16.7. The van der Waals surface area contributed by atoms with Crippen molar-refractivity contribution in [2.75, 3.05) is 18.5 Å². The quantitative estimate of drug-likeness (QED) is 0.439. The van der Waals surface area contributed by atoms with Gasteiger partial charge in [-0.25, -0.2) is 19.7 Å². The van der Waals surface area contributed by atoms with E-state index >= 15 is 0 Å². The van der Waals surface area contributed by atoms with Gasteiger partial charge in [-0.2, -0.15) is 0 Å². The van der Waals surface area contributed by atoms with Crippen LogP contribution in [-0.4, -0.2) is 50.0 Å². The van der Waals surface area contributed by atoms with Gasteiger partial charge in [0.05, 0.1) is 0 Å². The van der Waals surface area contributed by atoms with E-state index in [0.717, 1.165) is 30.8 Å². The molecule has 2 saturated carbocycles. The van der Waals surface area contributed by atoms with Gasteiger partial charge in [0, 0.05) is 38.6 Å². The van der Waals surface area contributed by atoms with Crippen LogP contribution in [-0.2, 0) is 21.7 Å². The Balaban J connectivity index is 1.46. The lowest BCUT2D eigenvalue weighted by Gasteiger charge is -2.34. The van der Waals surface area contributed by atoms with Crippen LogP contribution in [0.25, 0.3) is 11.2 Å². The molecule has 1 unspecified atom stereocenters. The van der Waals surface area contributed by atoms with Gasteiger partial charge in [0.15, 0.2) is 23.5 Å². The van der Waals surface area contributed by atoms with Gasteiger partial charge >= 0.3 is 6.09 Å². The molecule has 11 heteroatoms. The molecule has 0 radical (unpaired) electrons. The Morgan fingerprint density at radius 3 is 2.54 bits per heavy atom. The van der Waals surface area contributed by atoms with Gasteiger partial charge in [0.25, 0.3) is 0 Å². The van der Waals surface area contributed by atoms with Crippen molar-refractivity contribution in [1.82, 2.24) is 30.3 Å². The number of nitrogens with zero attached hydrogens (tertiary/aromatic N) is 4. The molecule has 6 rings (SSSR count). The summed E-state index contributed by atoms with van der Waals surface area (Å²) >= 11 is 0. The van der Waals surface area contributed by atoms with E-state index in [-0.39, 0.29) is 6.04 Å². The zero-order valence-electron chi connectivity index (χ0n) is 21.8. The summed E-state index contributed by atoms with van der Waals surface area (Å²) in [6, 6.07) is 0.232. The van der Waals surface area contributed by atoms with Gasteiger partial charge in [-0.05, 0) is 50.4 Å². The van der Waals surface area contributed by atoms with Crippen molar-refractivity contribution in [3.8, 4) is 0 Å². The first-order valence-electron chi connectivity index (χ1n) is 14.0. The number of hydrogen-bond donors (Lipinski definition) is 4. The Labute approximate surface area is 217 Å². The summed E-state index contributed by atoms with van der Waals surface area (Å²) in [7, 11) is 0. The molecule has 0 spiro atoms. The Morgan fingerprint density at radius 1 is 1.14 bits per heavy atom. The zero-order chi connectivity index (χ0) is 25.6. The molecule has 202 valence electrons. The van der Waals surface area contributed by atoms with E-state index < -0.39 is 17.9 Å². The third-order valence-corrected chi connectivity index (χ3v) is 8.94. The number of ether oxygens (including phenoxy) is 1. The molecule has 0 bridgehead atoms. The number of hydroxylamine groups is 1. The molecule has 2 saturated heterocycles. The molecule has 1 amide bonds. The summed E-state index contributed by atoms with van der Waals surface area (Å²) in [5.41, 5.74) is 2.93. The summed E-state index contributed by atoms with van der Waals surface area (Å²) < 4.78 is 7.77. The number of aliphatic hydroxyl groups is 1. The second-order valence-electron chi connectivity index (χ2n) is 11.6. The molecule has 0 aromatic carbocycles. The van der Waals surface area contributed by atoms with Crippen molar-refractivity contribution < 1.29 is 19.5 Å². The maximum atomic E-state index is 11.8. The van der Waals surface area contributed by atoms with Gasteiger partial charge in [0.1, 0.15) is 16.9 Å². The highest BCUT2D eigenvalue weighted by molar-refractivity contribution is 5.84. The SMILES string of the molecule is CC1CCC(Cn2c(C3(O)CCOCC3)nc3nc(C4NOC(=O)N4)nc(N[C@H](C)C4CCC4)c32)CC1. The van der Waals surface area contributed by atoms with Crippen molar-refractivity contribution in [3.05, 3.63) is 11.6 Å². The maximum Gasteiger partial charge on any atom is 0.427 e.